The molecule has 2 rings (SSSR count). The van der Waals surface area contributed by atoms with Gasteiger partial charge in [0.25, 0.3) is 5.91 Å². The second kappa shape index (κ2) is 8.22. The summed E-state index contributed by atoms with van der Waals surface area (Å²) in [7, 11) is -3.56. The van der Waals surface area contributed by atoms with Gasteiger partial charge in [0.05, 0.1) is 17.5 Å². The lowest BCUT2D eigenvalue weighted by atomic mass is 9.78. The molecule has 0 heterocycles. The number of nitrogens with one attached hydrogen (secondary N) is 2. The van der Waals surface area contributed by atoms with Crippen LogP contribution in [0.25, 0.3) is 0 Å². The maximum Gasteiger partial charge on any atom is 0.315 e. The summed E-state index contributed by atoms with van der Waals surface area (Å²) in [5, 5.41) is 12.5. The number of benzene rings is 2. The highest BCUT2D eigenvalue weighted by atomic mass is 32.2. The molecule has 0 aliphatic carbocycles. The third kappa shape index (κ3) is 4.85. The van der Waals surface area contributed by atoms with Gasteiger partial charge in [0.2, 0.25) is 10.0 Å². The fourth-order valence-electron chi connectivity index (χ4n) is 2.83. The van der Waals surface area contributed by atoms with Gasteiger partial charge in [-0.1, -0.05) is 49.4 Å². The predicted octanol–water partition coefficient (Wildman–Crippen LogP) is 2.22. The van der Waals surface area contributed by atoms with Crippen molar-refractivity contribution in [2.24, 2.45) is 0 Å². The molecule has 0 saturated heterocycles. The smallest absolute Gasteiger partial charge is 0.315 e. The van der Waals surface area contributed by atoms with E-state index >= 15 is 0 Å². The fraction of sp³-hybridized carbons (Fsp3) is 0.263. The summed E-state index contributed by atoms with van der Waals surface area (Å²) >= 11 is 0. The molecular formula is C19H22N2O5S. The number of hydrogen-bond acceptors (Lipinski definition) is 4. The SMILES string of the molecule is CCC(CNC(=O)c1ccccc1NS(C)(=O)=O)(C(=O)O)c1ccccc1. The van der Waals surface area contributed by atoms with E-state index in [-0.39, 0.29) is 24.2 Å². The van der Waals surface area contributed by atoms with E-state index in [1.54, 1.807) is 49.4 Å². The number of carboxylic acids is 1. The van der Waals surface area contributed by atoms with Crippen molar-refractivity contribution < 1.29 is 23.1 Å². The maximum absolute atomic E-state index is 12.6. The van der Waals surface area contributed by atoms with Crippen molar-refractivity contribution in [2.45, 2.75) is 18.8 Å². The molecule has 0 aliphatic heterocycles. The van der Waals surface area contributed by atoms with Gasteiger partial charge >= 0.3 is 5.97 Å². The molecule has 0 aliphatic rings. The number of sulfonamides is 1. The molecule has 27 heavy (non-hydrogen) atoms. The van der Waals surface area contributed by atoms with Crippen molar-refractivity contribution in [3.8, 4) is 0 Å². The lowest BCUT2D eigenvalue weighted by molar-refractivity contribution is -0.143. The average Bonchev–Trinajstić information content (AvgIpc) is 2.62. The van der Waals surface area contributed by atoms with Crippen LogP contribution in [0.4, 0.5) is 5.69 Å². The topological polar surface area (TPSA) is 113 Å². The Balaban J connectivity index is 2.29. The lowest BCUT2D eigenvalue weighted by Crippen LogP contribution is -2.46. The zero-order chi connectivity index (χ0) is 20.1. The van der Waals surface area contributed by atoms with E-state index < -0.39 is 27.3 Å². The quantitative estimate of drug-likeness (QED) is 0.640. The van der Waals surface area contributed by atoms with E-state index in [2.05, 4.69) is 10.0 Å². The van der Waals surface area contributed by atoms with Crippen molar-refractivity contribution in [2.75, 3.05) is 17.5 Å². The summed E-state index contributed by atoms with van der Waals surface area (Å²) in [6.45, 7) is 1.61. The van der Waals surface area contributed by atoms with Gasteiger partial charge in [0.15, 0.2) is 0 Å². The van der Waals surface area contributed by atoms with Crippen molar-refractivity contribution in [3.63, 3.8) is 0 Å². The van der Waals surface area contributed by atoms with Crippen molar-refractivity contribution in [3.05, 3.63) is 65.7 Å². The van der Waals surface area contributed by atoms with Gasteiger partial charge in [-0.05, 0) is 24.1 Å². The Morgan fingerprint density at radius 1 is 1.04 bits per heavy atom. The van der Waals surface area contributed by atoms with Crippen LogP contribution in [-0.2, 0) is 20.2 Å². The summed E-state index contributed by atoms with van der Waals surface area (Å²) in [4.78, 5) is 24.6. The number of carbonyl (C=O) groups excluding carboxylic acids is 1. The molecule has 7 nitrogen and oxygen atoms in total. The Morgan fingerprint density at radius 2 is 1.63 bits per heavy atom. The van der Waals surface area contributed by atoms with Crippen LogP contribution < -0.4 is 10.0 Å². The monoisotopic (exact) mass is 390 g/mol. The highest BCUT2D eigenvalue weighted by molar-refractivity contribution is 7.92. The van der Waals surface area contributed by atoms with Gasteiger partial charge in [-0.15, -0.1) is 0 Å². The first-order valence-electron chi connectivity index (χ1n) is 8.33. The number of carboxylic acid groups (broad SMARTS) is 1. The van der Waals surface area contributed by atoms with Crippen LogP contribution in [0.1, 0.15) is 29.3 Å². The van der Waals surface area contributed by atoms with Gasteiger partial charge in [-0.3, -0.25) is 14.3 Å². The summed E-state index contributed by atoms with van der Waals surface area (Å²) in [6.07, 6.45) is 1.26. The molecule has 144 valence electrons. The van der Waals surface area contributed by atoms with E-state index in [0.29, 0.717) is 5.56 Å². The molecule has 0 radical (unpaired) electrons. The standard InChI is InChI=1S/C19H22N2O5S/c1-3-19(18(23)24,14-9-5-4-6-10-14)13-20-17(22)15-11-7-8-12-16(15)21-27(2,25)26/h4-12,21H,3,13H2,1-2H3,(H,20,22)(H,23,24). The van der Waals surface area contributed by atoms with E-state index in [9.17, 15) is 23.1 Å². The summed E-state index contributed by atoms with van der Waals surface area (Å²) in [5.41, 5.74) is -0.445. The Labute approximate surface area is 158 Å². The van der Waals surface area contributed by atoms with E-state index in [1.165, 1.54) is 12.1 Å². The summed E-state index contributed by atoms with van der Waals surface area (Å²) in [5.74, 6) is -1.60. The van der Waals surface area contributed by atoms with Crippen LogP contribution >= 0.6 is 0 Å². The minimum absolute atomic E-state index is 0.117. The van der Waals surface area contributed by atoms with E-state index in [1.807, 2.05) is 0 Å². The van der Waals surface area contributed by atoms with Crippen LogP contribution in [0.2, 0.25) is 0 Å². The van der Waals surface area contributed by atoms with Crippen LogP contribution in [0.5, 0.6) is 0 Å². The molecule has 8 heteroatoms. The predicted molar refractivity (Wildman–Crippen MR) is 103 cm³/mol. The minimum Gasteiger partial charge on any atom is -0.481 e. The number of carbonyl (C=O) groups is 2. The molecule has 0 spiro atoms. The minimum atomic E-state index is -3.56. The molecule has 2 aromatic carbocycles. The third-order valence-electron chi connectivity index (χ3n) is 4.36. The molecule has 3 N–H and O–H groups in total. The van der Waals surface area contributed by atoms with Crippen molar-refractivity contribution >= 4 is 27.6 Å². The second-order valence-electron chi connectivity index (χ2n) is 6.21. The number of hydrogen-bond donors (Lipinski definition) is 3. The Bertz CT molecular complexity index is 928. The molecule has 1 atom stereocenters. The fourth-order valence-corrected chi connectivity index (χ4v) is 3.41. The van der Waals surface area contributed by atoms with Crippen LogP contribution in [0.15, 0.2) is 54.6 Å². The van der Waals surface area contributed by atoms with Gasteiger partial charge in [-0.2, -0.15) is 0 Å². The van der Waals surface area contributed by atoms with Crippen LogP contribution in [0, 0.1) is 0 Å². The molecule has 0 bridgehead atoms. The highest BCUT2D eigenvalue weighted by Gasteiger charge is 2.39. The number of para-hydroxylation sites is 1. The van der Waals surface area contributed by atoms with Crippen molar-refractivity contribution in [1.29, 1.82) is 0 Å². The molecule has 0 saturated carbocycles. The zero-order valence-corrected chi connectivity index (χ0v) is 15.9. The first-order chi connectivity index (χ1) is 12.7. The average molecular weight is 390 g/mol. The number of aliphatic carboxylic acids is 1. The Morgan fingerprint density at radius 3 is 2.19 bits per heavy atom. The van der Waals surface area contributed by atoms with Crippen molar-refractivity contribution in [1.82, 2.24) is 5.32 Å². The second-order valence-corrected chi connectivity index (χ2v) is 7.96. The summed E-state index contributed by atoms with van der Waals surface area (Å²) in [6, 6.07) is 14.8. The largest absolute Gasteiger partial charge is 0.481 e. The first kappa shape index (κ1) is 20.4. The summed E-state index contributed by atoms with van der Waals surface area (Å²) < 4.78 is 25.3. The molecule has 0 fully saturated rings. The van der Waals surface area contributed by atoms with Gasteiger partial charge in [0, 0.05) is 6.54 Å². The van der Waals surface area contributed by atoms with Gasteiger partial charge in [0.1, 0.15) is 5.41 Å². The lowest BCUT2D eigenvalue weighted by Gasteiger charge is -2.29. The number of amides is 1. The van der Waals surface area contributed by atoms with Gasteiger partial charge < -0.3 is 10.4 Å². The third-order valence-corrected chi connectivity index (χ3v) is 4.95. The first-order valence-corrected chi connectivity index (χ1v) is 10.2. The molecular weight excluding hydrogens is 368 g/mol. The normalized spacial score (nSPS) is 13.4. The van der Waals surface area contributed by atoms with Crippen LogP contribution in [0.3, 0.4) is 0 Å². The molecule has 1 unspecified atom stereocenters. The molecule has 2 aromatic rings. The zero-order valence-electron chi connectivity index (χ0n) is 15.1. The van der Waals surface area contributed by atoms with Gasteiger partial charge in [-0.25, -0.2) is 8.42 Å². The highest BCUT2D eigenvalue weighted by Crippen LogP contribution is 2.28. The number of rotatable bonds is 8. The Hall–Kier alpha value is -2.87. The maximum atomic E-state index is 12.6. The molecule has 1 amide bonds. The Kier molecular flexibility index (Phi) is 6.22. The number of anilines is 1. The van der Waals surface area contributed by atoms with E-state index in [0.717, 1.165) is 6.26 Å². The van der Waals surface area contributed by atoms with E-state index in [4.69, 9.17) is 0 Å². The van der Waals surface area contributed by atoms with Crippen LogP contribution in [-0.4, -0.2) is 38.2 Å². The molecule has 0 aromatic heterocycles.